The standard InChI is InChI=1S/C13H13N.C2H6/c1-10-8-9-14-13(11(10)2)12-6-4-3-5-7-12;1-2/h3-9H,1-2H3;1-2H3. The van der Waals surface area contributed by atoms with Gasteiger partial charge in [-0.3, -0.25) is 4.98 Å². The van der Waals surface area contributed by atoms with Gasteiger partial charge in [-0.2, -0.15) is 0 Å². The second-order valence-corrected chi connectivity index (χ2v) is 3.47. The van der Waals surface area contributed by atoms with Crippen LogP contribution in [0.25, 0.3) is 11.3 Å². The van der Waals surface area contributed by atoms with Crippen molar-refractivity contribution in [1.29, 1.82) is 0 Å². The SMILES string of the molecule is CC.Cc1ccnc(-c2ccccc2)c1C. The van der Waals surface area contributed by atoms with Crippen LogP contribution in [0.1, 0.15) is 25.0 Å². The van der Waals surface area contributed by atoms with Gasteiger partial charge in [0, 0.05) is 11.8 Å². The van der Waals surface area contributed by atoms with Crippen molar-refractivity contribution in [3.8, 4) is 11.3 Å². The Morgan fingerprint density at radius 2 is 1.50 bits per heavy atom. The van der Waals surface area contributed by atoms with Gasteiger partial charge < -0.3 is 0 Å². The van der Waals surface area contributed by atoms with Gasteiger partial charge >= 0.3 is 0 Å². The molecule has 0 aliphatic rings. The van der Waals surface area contributed by atoms with Crippen molar-refractivity contribution in [3.05, 3.63) is 53.7 Å². The Labute approximate surface area is 98.2 Å². The maximum Gasteiger partial charge on any atom is 0.0733 e. The smallest absolute Gasteiger partial charge is 0.0733 e. The van der Waals surface area contributed by atoms with Crippen LogP contribution < -0.4 is 0 Å². The monoisotopic (exact) mass is 213 g/mol. The zero-order chi connectivity index (χ0) is 12.0. The molecule has 2 rings (SSSR count). The minimum Gasteiger partial charge on any atom is -0.256 e. The first kappa shape index (κ1) is 12.4. The summed E-state index contributed by atoms with van der Waals surface area (Å²) in [7, 11) is 0. The van der Waals surface area contributed by atoms with Gasteiger partial charge in [0.1, 0.15) is 0 Å². The fourth-order valence-electron chi connectivity index (χ4n) is 1.52. The van der Waals surface area contributed by atoms with E-state index in [9.17, 15) is 0 Å². The largest absolute Gasteiger partial charge is 0.256 e. The van der Waals surface area contributed by atoms with E-state index in [1.54, 1.807) is 0 Å². The highest BCUT2D eigenvalue weighted by molar-refractivity contribution is 5.63. The second kappa shape index (κ2) is 6.06. The van der Waals surface area contributed by atoms with Crippen LogP contribution in [-0.2, 0) is 0 Å². The zero-order valence-corrected chi connectivity index (χ0v) is 10.5. The van der Waals surface area contributed by atoms with E-state index in [-0.39, 0.29) is 0 Å². The van der Waals surface area contributed by atoms with Crippen LogP contribution in [-0.4, -0.2) is 4.98 Å². The third-order valence-electron chi connectivity index (χ3n) is 2.52. The average molecular weight is 213 g/mol. The molecule has 0 N–H and O–H groups in total. The summed E-state index contributed by atoms with van der Waals surface area (Å²) in [5, 5.41) is 0. The number of hydrogen-bond donors (Lipinski definition) is 0. The Morgan fingerprint density at radius 3 is 2.12 bits per heavy atom. The van der Waals surface area contributed by atoms with Crippen molar-refractivity contribution in [2.75, 3.05) is 0 Å². The molecule has 0 unspecified atom stereocenters. The minimum atomic E-state index is 1.09. The van der Waals surface area contributed by atoms with Gasteiger partial charge in [-0.15, -0.1) is 0 Å². The summed E-state index contributed by atoms with van der Waals surface area (Å²) >= 11 is 0. The molecule has 1 heteroatoms. The van der Waals surface area contributed by atoms with Gasteiger partial charge in [0.25, 0.3) is 0 Å². The number of nitrogens with zero attached hydrogens (tertiary/aromatic N) is 1. The number of aromatic nitrogens is 1. The van der Waals surface area contributed by atoms with E-state index in [0.717, 1.165) is 5.69 Å². The fraction of sp³-hybridized carbons (Fsp3) is 0.267. The summed E-state index contributed by atoms with van der Waals surface area (Å²) in [6.07, 6.45) is 1.87. The highest BCUT2D eigenvalue weighted by Crippen LogP contribution is 2.21. The summed E-state index contributed by atoms with van der Waals surface area (Å²) in [5.41, 5.74) is 4.83. The summed E-state index contributed by atoms with van der Waals surface area (Å²) in [6.45, 7) is 8.23. The molecule has 1 heterocycles. The molecule has 0 fully saturated rings. The van der Waals surface area contributed by atoms with Crippen molar-refractivity contribution in [1.82, 2.24) is 4.98 Å². The molecule has 0 amide bonds. The third kappa shape index (κ3) is 2.69. The summed E-state index contributed by atoms with van der Waals surface area (Å²) in [5.74, 6) is 0. The third-order valence-corrected chi connectivity index (χ3v) is 2.52. The molecule has 0 bridgehead atoms. The number of pyridine rings is 1. The zero-order valence-electron chi connectivity index (χ0n) is 10.5. The van der Waals surface area contributed by atoms with Gasteiger partial charge in [0.15, 0.2) is 0 Å². The Bertz CT molecular complexity index is 432. The van der Waals surface area contributed by atoms with Crippen molar-refractivity contribution >= 4 is 0 Å². The van der Waals surface area contributed by atoms with Gasteiger partial charge in [-0.25, -0.2) is 0 Å². The quantitative estimate of drug-likeness (QED) is 0.684. The normalized spacial score (nSPS) is 9.25. The topological polar surface area (TPSA) is 12.9 Å². The highest BCUT2D eigenvalue weighted by atomic mass is 14.7. The first-order chi connectivity index (χ1) is 7.79. The van der Waals surface area contributed by atoms with E-state index in [1.165, 1.54) is 16.7 Å². The first-order valence-corrected chi connectivity index (χ1v) is 5.76. The Hall–Kier alpha value is -1.63. The summed E-state index contributed by atoms with van der Waals surface area (Å²) in [4.78, 5) is 4.41. The van der Waals surface area contributed by atoms with Gasteiger partial charge in [0.05, 0.1) is 5.69 Å². The van der Waals surface area contributed by atoms with E-state index >= 15 is 0 Å². The van der Waals surface area contributed by atoms with Crippen molar-refractivity contribution in [3.63, 3.8) is 0 Å². The summed E-state index contributed by atoms with van der Waals surface area (Å²) < 4.78 is 0. The molecule has 1 nitrogen and oxygen atoms in total. The van der Waals surface area contributed by atoms with Crippen LogP contribution in [0.5, 0.6) is 0 Å². The Balaban J connectivity index is 0.000000606. The van der Waals surface area contributed by atoms with Gasteiger partial charge in [0.2, 0.25) is 0 Å². The van der Waals surface area contributed by atoms with Crippen molar-refractivity contribution in [2.24, 2.45) is 0 Å². The molecular weight excluding hydrogens is 194 g/mol. The van der Waals surface area contributed by atoms with Crippen LogP contribution >= 0.6 is 0 Å². The number of rotatable bonds is 1. The van der Waals surface area contributed by atoms with E-state index < -0.39 is 0 Å². The molecule has 1 aromatic carbocycles. The predicted octanol–water partition coefficient (Wildman–Crippen LogP) is 4.39. The maximum atomic E-state index is 4.41. The molecule has 0 spiro atoms. The lowest BCUT2D eigenvalue weighted by molar-refractivity contribution is 1.22. The van der Waals surface area contributed by atoms with E-state index in [4.69, 9.17) is 0 Å². The fourth-order valence-corrected chi connectivity index (χ4v) is 1.52. The molecule has 1 aromatic heterocycles. The molecule has 0 atom stereocenters. The molecule has 16 heavy (non-hydrogen) atoms. The first-order valence-electron chi connectivity index (χ1n) is 5.76. The van der Waals surface area contributed by atoms with E-state index in [1.807, 2.05) is 44.3 Å². The molecule has 2 aromatic rings. The molecule has 0 radical (unpaired) electrons. The predicted molar refractivity (Wildman–Crippen MR) is 70.5 cm³/mol. The van der Waals surface area contributed by atoms with Crippen LogP contribution in [0, 0.1) is 13.8 Å². The molecule has 0 aliphatic carbocycles. The molecular formula is C15H19N. The number of benzene rings is 1. The molecule has 84 valence electrons. The lowest BCUT2D eigenvalue weighted by Gasteiger charge is -2.06. The number of hydrogen-bond acceptors (Lipinski definition) is 1. The molecule has 0 saturated heterocycles. The van der Waals surface area contributed by atoms with E-state index in [2.05, 4.69) is 31.0 Å². The maximum absolute atomic E-state index is 4.41. The Morgan fingerprint density at radius 1 is 0.875 bits per heavy atom. The molecule has 0 saturated carbocycles. The lowest BCUT2D eigenvalue weighted by atomic mass is 10.0. The van der Waals surface area contributed by atoms with Crippen molar-refractivity contribution in [2.45, 2.75) is 27.7 Å². The number of aryl methyl sites for hydroxylation is 1. The second-order valence-electron chi connectivity index (χ2n) is 3.47. The minimum absolute atomic E-state index is 1.09. The highest BCUT2D eigenvalue weighted by Gasteiger charge is 2.03. The van der Waals surface area contributed by atoms with Crippen LogP contribution in [0.4, 0.5) is 0 Å². The summed E-state index contributed by atoms with van der Waals surface area (Å²) in [6, 6.07) is 12.3. The van der Waals surface area contributed by atoms with Gasteiger partial charge in [-0.1, -0.05) is 44.2 Å². The van der Waals surface area contributed by atoms with Crippen LogP contribution in [0.3, 0.4) is 0 Å². The van der Waals surface area contributed by atoms with Crippen LogP contribution in [0.15, 0.2) is 42.6 Å². The van der Waals surface area contributed by atoms with Crippen molar-refractivity contribution < 1.29 is 0 Å². The lowest BCUT2D eigenvalue weighted by Crippen LogP contribution is -1.90. The van der Waals surface area contributed by atoms with E-state index in [0.29, 0.717) is 0 Å². The Kier molecular flexibility index (Phi) is 4.71. The van der Waals surface area contributed by atoms with Crippen LogP contribution in [0.2, 0.25) is 0 Å². The van der Waals surface area contributed by atoms with Gasteiger partial charge in [-0.05, 0) is 31.0 Å². The average Bonchev–Trinajstić information content (AvgIpc) is 2.36. The molecule has 0 aliphatic heterocycles.